The van der Waals surface area contributed by atoms with Crippen LogP contribution in [-0.2, 0) is 11.4 Å². The Morgan fingerprint density at radius 3 is 2.71 bits per heavy atom. The van der Waals surface area contributed by atoms with E-state index < -0.39 is 0 Å². The molecule has 6 heteroatoms. The van der Waals surface area contributed by atoms with Crippen LogP contribution >= 0.6 is 11.6 Å². The quantitative estimate of drug-likeness (QED) is 0.430. The molecule has 2 aromatic carbocycles. The average Bonchev–Trinajstić information content (AvgIpc) is 3.24. The summed E-state index contributed by atoms with van der Waals surface area (Å²) in [6.07, 6.45) is 5.65. The zero-order valence-corrected chi connectivity index (χ0v) is 18.7. The van der Waals surface area contributed by atoms with Crippen molar-refractivity contribution in [2.24, 2.45) is 0 Å². The van der Waals surface area contributed by atoms with Gasteiger partial charge >= 0.3 is 0 Å². The third-order valence-electron chi connectivity index (χ3n) is 5.16. The van der Waals surface area contributed by atoms with Crippen LogP contribution in [0.3, 0.4) is 0 Å². The molecule has 0 radical (unpaired) electrons. The first-order chi connectivity index (χ1) is 15.0. The fourth-order valence-corrected chi connectivity index (χ4v) is 3.95. The van der Waals surface area contributed by atoms with Crippen LogP contribution in [0.15, 0.2) is 42.0 Å². The lowest BCUT2D eigenvalue weighted by atomic mass is 10.1. The Hall–Kier alpha value is -2.97. The van der Waals surface area contributed by atoms with Crippen LogP contribution in [0.4, 0.5) is 0 Å². The highest BCUT2D eigenvalue weighted by molar-refractivity contribution is 6.32. The molecule has 1 amide bonds. The summed E-state index contributed by atoms with van der Waals surface area (Å²) in [4.78, 5) is 12.5. The summed E-state index contributed by atoms with van der Waals surface area (Å²) in [5.41, 5.74) is 2.82. The van der Waals surface area contributed by atoms with Gasteiger partial charge in [-0.25, -0.2) is 0 Å². The van der Waals surface area contributed by atoms with Gasteiger partial charge in [-0.05, 0) is 56.0 Å². The van der Waals surface area contributed by atoms with Crippen molar-refractivity contribution in [2.75, 3.05) is 6.61 Å². The second kappa shape index (κ2) is 10.9. The number of nitrogens with zero attached hydrogens (tertiary/aromatic N) is 1. The molecular formula is C25H27ClN2O3. The minimum atomic E-state index is -0.358. The fourth-order valence-electron chi connectivity index (χ4n) is 3.68. The number of amides is 1. The van der Waals surface area contributed by atoms with Crippen molar-refractivity contribution in [3.63, 3.8) is 0 Å². The summed E-state index contributed by atoms with van der Waals surface area (Å²) in [6.45, 7) is 4.68. The lowest BCUT2D eigenvalue weighted by molar-refractivity contribution is -0.117. The van der Waals surface area contributed by atoms with Crippen molar-refractivity contribution in [3.05, 3.63) is 63.7 Å². The van der Waals surface area contributed by atoms with Gasteiger partial charge in [-0.15, -0.1) is 0 Å². The Morgan fingerprint density at radius 2 is 2.03 bits per heavy atom. The second-order valence-electron chi connectivity index (χ2n) is 7.67. The first-order valence-electron chi connectivity index (χ1n) is 10.6. The van der Waals surface area contributed by atoms with Gasteiger partial charge in [-0.2, -0.15) is 5.26 Å². The monoisotopic (exact) mass is 438 g/mol. The van der Waals surface area contributed by atoms with Crippen molar-refractivity contribution in [3.8, 4) is 17.6 Å². The van der Waals surface area contributed by atoms with Gasteiger partial charge in [0.05, 0.1) is 11.6 Å². The maximum absolute atomic E-state index is 12.5. The van der Waals surface area contributed by atoms with Crippen molar-refractivity contribution in [2.45, 2.75) is 52.2 Å². The minimum Gasteiger partial charge on any atom is -0.490 e. The SMILES string of the molecule is CCOc1cc(/C=C(/C#N)C(=O)NC2CCCC2)cc(Cl)c1OCc1cccc(C)c1. The van der Waals surface area contributed by atoms with E-state index in [0.717, 1.165) is 36.8 Å². The van der Waals surface area contributed by atoms with Gasteiger partial charge in [-0.1, -0.05) is 54.3 Å². The Labute approximate surface area is 188 Å². The Balaban J connectivity index is 1.81. The van der Waals surface area contributed by atoms with Crippen molar-refractivity contribution in [1.29, 1.82) is 5.26 Å². The van der Waals surface area contributed by atoms with E-state index in [1.165, 1.54) is 6.08 Å². The topological polar surface area (TPSA) is 71.3 Å². The van der Waals surface area contributed by atoms with Crippen LogP contribution in [0.5, 0.6) is 11.5 Å². The van der Waals surface area contributed by atoms with Crippen LogP contribution in [0.2, 0.25) is 5.02 Å². The van der Waals surface area contributed by atoms with Gasteiger partial charge < -0.3 is 14.8 Å². The molecule has 2 aromatic rings. The van der Waals surface area contributed by atoms with E-state index in [1.807, 2.05) is 44.2 Å². The summed E-state index contributed by atoms with van der Waals surface area (Å²) in [6, 6.07) is 13.6. The molecule has 0 saturated heterocycles. The van der Waals surface area contributed by atoms with E-state index in [1.54, 1.807) is 12.1 Å². The Morgan fingerprint density at radius 1 is 1.26 bits per heavy atom. The zero-order valence-electron chi connectivity index (χ0n) is 17.9. The van der Waals surface area contributed by atoms with Gasteiger partial charge in [-0.3, -0.25) is 4.79 Å². The number of hydrogen-bond donors (Lipinski definition) is 1. The number of nitriles is 1. The predicted octanol–water partition coefficient (Wildman–Crippen LogP) is 5.59. The summed E-state index contributed by atoms with van der Waals surface area (Å²) < 4.78 is 11.7. The van der Waals surface area contributed by atoms with Crippen molar-refractivity contribution in [1.82, 2.24) is 5.32 Å². The number of carbonyl (C=O) groups is 1. The molecule has 5 nitrogen and oxygen atoms in total. The first-order valence-corrected chi connectivity index (χ1v) is 10.9. The molecule has 0 aromatic heterocycles. The summed E-state index contributed by atoms with van der Waals surface area (Å²) >= 11 is 6.49. The number of carbonyl (C=O) groups excluding carboxylic acids is 1. The van der Waals surface area contributed by atoms with Crippen molar-refractivity contribution >= 4 is 23.6 Å². The molecular weight excluding hydrogens is 412 g/mol. The maximum Gasteiger partial charge on any atom is 0.262 e. The molecule has 0 heterocycles. The van der Waals surface area contributed by atoms with E-state index in [-0.39, 0.29) is 17.5 Å². The molecule has 0 bridgehead atoms. The van der Waals surface area contributed by atoms with E-state index in [4.69, 9.17) is 21.1 Å². The van der Waals surface area contributed by atoms with Gasteiger partial charge in [0.2, 0.25) is 0 Å². The van der Waals surface area contributed by atoms with E-state index in [2.05, 4.69) is 5.32 Å². The molecule has 1 aliphatic carbocycles. The first kappa shape index (κ1) is 22.7. The third kappa shape index (κ3) is 6.26. The number of nitrogens with one attached hydrogen (secondary N) is 1. The number of aryl methyl sites for hydroxylation is 1. The smallest absolute Gasteiger partial charge is 0.262 e. The van der Waals surface area contributed by atoms with Gasteiger partial charge in [0.25, 0.3) is 5.91 Å². The number of ether oxygens (including phenoxy) is 2. The molecule has 31 heavy (non-hydrogen) atoms. The number of hydrogen-bond acceptors (Lipinski definition) is 4. The van der Waals surface area contributed by atoms with Gasteiger partial charge in [0, 0.05) is 6.04 Å². The minimum absolute atomic E-state index is 0.0406. The largest absolute Gasteiger partial charge is 0.490 e. The third-order valence-corrected chi connectivity index (χ3v) is 5.44. The van der Waals surface area contributed by atoms with E-state index in [0.29, 0.717) is 35.3 Å². The molecule has 1 N–H and O–H groups in total. The summed E-state index contributed by atoms with van der Waals surface area (Å²) in [5, 5.41) is 12.8. The Bertz CT molecular complexity index is 1000. The average molecular weight is 439 g/mol. The van der Waals surface area contributed by atoms with E-state index >= 15 is 0 Å². The van der Waals surface area contributed by atoms with Crippen LogP contribution in [-0.4, -0.2) is 18.6 Å². The number of benzene rings is 2. The standard InChI is InChI=1S/C25H27ClN2O3/c1-3-30-23-14-19(12-20(15-27)25(29)28-21-9-4-5-10-21)13-22(26)24(23)31-16-18-8-6-7-17(2)11-18/h6-8,11-14,21H,3-5,9-10,16H2,1-2H3,(H,28,29)/b20-12-. The Kier molecular flexibility index (Phi) is 7.97. The molecule has 0 unspecified atom stereocenters. The summed E-state index contributed by atoms with van der Waals surface area (Å²) in [7, 11) is 0. The zero-order chi connectivity index (χ0) is 22.2. The molecule has 1 fully saturated rings. The second-order valence-corrected chi connectivity index (χ2v) is 8.07. The number of halogens is 1. The van der Waals surface area contributed by atoms with Crippen LogP contribution in [0.1, 0.15) is 49.3 Å². The normalized spacial score (nSPS) is 14.2. The molecule has 0 spiro atoms. The highest BCUT2D eigenvalue weighted by Gasteiger charge is 2.20. The van der Waals surface area contributed by atoms with Crippen LogP contribution in [0.25, 0.3) is 6.08 Å². The maximum atomic E-state index is 12.5. The van der Waals surface area contributed by atoms with Crippen molar-refractivity contribution < 1.29 is 14.3 Å². The van der Waals surface area contributed by atoms with Crippen LogP contribution < -0.4 is 14.8 Å². The molecule has 0 aliphatic heterocycles. The highest BCUT2D eigenvalue weighted by atomic mass is 35.5. The molecule has 162 valence electrons. The van der Waals surface area contributed by atoms with Crippen LogP contribution in [0, 0.1) is 18.3 Å². The lowest BCUT2D eigenvalue weighted by Crippen LogP contribution is -2.33. The highest BCUT2D eigenvalue weighted by Crippen LogP contribution is 2.38. The molecule has 1 saturated carbocycles. The lowest BCUT2D eigenvalue weighted by Gasteiger charge is -2.15. The molecule has 3 rings (SSSR count). The molecule has 0 atom stereocenters. The number of rotatable bonds is 8. The van der Waals surface area contributed by atoms with Gasteiger partial charge in [0.15, 0.2) is 11.5 Å². The van der Waals surface area contributed by atoms with E-state index in [9.17, 15) is 10.1 Å². The fraction of sp³-hybridized carbons (Fsp3) is 0.360. The summed E-state index contributed by atoms with van der Waals surface area (Å²) in [5.74, 6) is 0.557. The molecule has 1 aliphatic rings. The predicted molar refractivity (Wildman–Crippen MR) is 122 cm³/mol. The van der Waals surface area contributed by atoms with Gasteiger partial charge in [0.1, 0.15) is 18.2 Å².